The molecule has 0 bridgehead atoms. The summed E-state index contributed by atoms with van der Waals surface area (Å²) in [6, 6.07) is 16.5. The third-order valence-electron chi connectivity index (χ3n) is 4.51. The van der Waals surface area contributed by atoms with Gasteiger partial charge in [-0.1, -0.05) is 26.0 Å². The van der Waals surface area contributed by atoms with Crippen LogP contribution in [0.1, 0.15) is 35.8 Å². The molecule has 1 aromatic heterocycles. The average molecular weight is 437 g/mol. The summed E-state index contributed by atoms with van der Waals surface area (Å²) in [6.07, 6.45) is 1.39. The van der Waals surface area contributed by atoms with Gasteiger partial charge in [0, 0.05) is 31.1 Å². The summed E-state index contributed by atoms with van der Waals surface area (Å²) >= 11 is 5.49. The van der Waals surface area contributed by atoms with E-state index >= 15 is 0 Å². The number of anilines is 3. The van der Waals surface area contributed by atoms with Crippen LogP contribution in [0.3, 0.4) is 0 Å². The Balaban J connectivity index is 1.76. The Morgan fingerprint density at radius 1 is 1.03 bits per heavy atom. The Kier molecular flexibility index (Phi) is 7.04. The molecule has 0 amide bonds. The van der Waals surface area contributed by atoms with Gasteiger partial charge in [0.2, 0.25) is 0 Å². The highest BCUT2D eigenvalue weighted by molar-refractivity contribution is 7.80. The molecule has 0 saturated carbocycles. The highest BCUT2D eigenvalue weighted by Crippen LogP contribution is 2.30. The Morgan fingerprint density at radius 3 is 2.52 bits per heavy atom. The minimum absolute atomic E-state index is 0.0864. The number of carboxylic acid groups (broad SMARTS) is 1. The molecule has 1 heterocycles. The van der Waals surface area contributed by atoms with Crippen molar-refractivity contribution in [3.8, 4) is 11.5 Å². The zero-order valence-corrected chi connectivity index (χ0v) is 18.3. The molecule has 0 aliphatic carbocycles. The lowest BCUT2D eigenvalue weighted by atomic mass is 10.0. The van der Waals surface area contributed by atoms with Gasteiger partial charge in [0.15, 0.2) is 10.8 Å². The van der Waals surface area contributed by atoms with Crippen LogP contribution in [-0.2, 0) is 0 Å². The Labute approximate surface area is 186 Å². The van der Waals surface area contributed by atoms with Gasteiger partial charge >= 0.3 is 5.97 Å². The van der Waals surface area contributed by atoms with Crippen LogP contribution in [0, 0.1) is 0 Å². The number of hydrogen-bond acceptors (Lipinski definition) is 5. The van der Waals surface area contributed by atoms with E-state index < -0.39 is 5.97 Å². The lowest BCUT2D eigenvalue weighted by Crippen LogP contribution is -2.20. The predicted octanol–water partition coefficient (Wildman–Crippen LogP) is 5.55. The molecule has 0 unspecified atom stereocenters. The first-order chi connectivity index (χ1) is 14.9. The first-order valence-corrected chi connectivity index (χ1v) is 10.1. The number of nitrogens with one attached hydrogen (secondary N) is 3. The van der Waals surface area contributed by atoms with Gasteiger partial charge in [-0.25, -0.2) is 9.78 Å². The second-order valence-electron chi connectivity index (χ2n) is 7.10. The van der Waals surface area contributed by atoms with Gasteiger partial charge < -0.3 is 25.8 Å². The molecule has 0 saturated heterocycles. The monoisotopic (exact) mass is 436 g/mol. The fourth-order valence-corrected chi connectivity index (χ4v) is 3.12. The van der Waals surface area contributed by atoms with Crippen molar-refractivity contribution >= 4 is 40.4 Å². The van der Waals surface area contributed by atoms with Crippen LogP contribution in [0.2, 0.25) is 0 Å². The lowest BCUT2D eigenvalue weighted by molar-refractivity contribution is 0.0690. The largest absolute Gasteiger partial charge is 0.477 e. The van der Waals surface area contributed by atoms with Gasteiger partial charge in [-0.3, -0.25) is 0 Å². The van der Waals surface area contributed by atoms with E-state index in [1.165, 1.54) is 17.8 Å². The third-order valence-corrected chi connectivity index (χ3v) is 4.71. The number of aromatic nitrogens is 1. The van der Waals surface area contributed by atoms with Crippen LogP contribution in [0.25, 0.3) is 0 Å². The molecular formula is C23H24N4O3S. The SMILES string of the molecule is CNc1ccc(Oc2ccnc(C(=O)O)c2)cc1NC(=S)Nc1cccc(C(C)C)c1. The molecule has 31 heavy (non-hydrogen) atoms. The average Bonchev–Trinajstić information content (AvgIpc) is 2.74. The summed E-state index contributed by atoms with van der Waals surface area (Å²) in [7, 11) is 1.81. The molecule has 0 atom stereocenters. The number of aromatic carboxylic acids is 1. The van der Waals surface area contributed by atoms with Crippen molar-refractivity contribution < 1.29 is 14.6 Å². The second-order valence-corrected chi connectivity index (χ2v) is 7.51. The smallest absolute Gasteiger partial charge is 0.354 e. The lowest BCUT2D eigenvalue weighted by Gasteiger charge is -2.16. The van der Waals surface area contributed by atoms with Crippen molar-refractivity contribution in [2.45, 2.75) is 19.8 Å². The molecule has 0 aliphatic heterocycles. The van der Waals surface area contributed by atoms with Crippen molar-refractivity contribution in [2.75, 3.05) is 23.0 Å². The number of benzene rings is 2. The Bertz CT molecular complexity index is 1100. The van der Waals surface area contributed by atoms with E-state index in [2.05, 4.69) is 46.9 Å². The van der Waals surface area contributed by atoms with Crippen molar-refractivity contribution in [3.63, 3.8) is 0 Å². The van der Waals surface area contributed by atoms with E-state index in [4.69, 9.17) is 22.1 Å². The van der Waals surface area contributed by atoms with E-state index in [1.807, 2.05) is 25.2 Å². The quantitative estimate of drug-likeness (QED) is 0.358. The van der Waals surface area contributed by atoms with Crippen molar-refractivity contribution in [2.24, 2.45) is 0 Å². The number of thiocarbonyl (C=S) groups is 1. The fourth-order valence-electron chi connectivity index (χ4n) is 2.90. The molecule has 160 valence electrons. The number of ether oxygens (including phenoxy) is 1. The summed E-state index contributed by atoms with van der Waals surface area (Å²) in [4.78, 5) is 14.9. The predicted molar refractivity (Wildman–Crippen MR) is 128 cm³/mol. The van der Waals surface area contributed by atoms with Gasteiger partial charge in [0.25, 0.3) is 0 Å². The number of hydrogen-bond donors (Lipinski definition) is 4. The number of pyridine rings is 1. The number of carbonyl (C=O) groups is 1. The van der Waals surface area contributed by atoms with Crippen molar-refractivity contribution in [3.05, 3.63) is 72.1 Å². The van der Waals surface area contributed by atoms with Crippen molar-refractivity contribution in [1.82, 2.24) is 4.98 Å². The highest BCUT2D eigenvalue weighted by atomic mass is 32.1. The van der Waals surface area contributed by atoms with Crippen LogP contribution in [0.4, 0.5) is 17.1 Å². The van der Waals surface area contributed by atoms with Gasteiger partial charge in [0.05, 0.1) is 11.4 Å². The minimum Gasteiger partial charge on any atom is -0.477 e. The van der Waals surface area contributed by atoms with Crippen LogP contribution in [0.5, 0.6) is 11.5 Å². The van der Waals surface area contributed by atoms with Crippen molar-refractivity contribution in [1.29, 1.82) is 0 Å². The molecule has 3 aromatic rings. The summed E-state index contributed by atoms with van der Waals surface area (Å²) in [5.74, 6) is 0.203. The van der Waals surface area contributed by atoms with Crippen LogP contribution >= 0.6 is 12.2 Å². The van der Waals surface area contributed by atoms with Crippen LogP contribution in [0.15, 0.2) is 60.8 Å². The van der Waals surface area contributed by atoms with Gasteiger partial charge in [0.1, 0.15) is 11.5 Å². The van der Waals surface area contributed by atoms with Crippen LogP contribution < -0.4 is 20.7 Å². The van der Waals surface area contributed by atoms with E-state index in [0.29, 0.717) is 28.2 Å². The Hall–Kier alpha value is -3.65. The van der Waals surface area contributed by atoms with E-state index in [9.17, 15) is 4.79 Å². The number of rotatable bonds is 7. The molecule has 0 aliphatic rings. The maximum absolute atomic E-state index is 11.1. The zero-order chi connectivity index (χ0) is 22.4. The summed E-state index contributed by atoms with van der Waals surface area (Å²) in [6.45, 7) is 4.28. The minimum atomic E-state index is -1.11. The molecule has 3 rings (SSSR count). The fraction of sp³-hybridized carbons (Fsp3) is 0.174. The Morgan fingerprint density at radius 2 is 1.81 bits per heavy atom. The molecule has 0 spiro atoms. The van der Waals surface area contributed by atoms with Gasteiger partial charge in [-0.2, -0.15) is 0 Å². The molecule has 7 nitrogen and oxygen atoms in total. The van der Waals surface area contributed by atoms with E-state index in [1.54, 1.807) is 18.2 Å². The summed E-state index contributed by atoms with van der Waals surface area (Å²) in [5, 5.41) is 19.0. The molecule has 4 N–H and O–H groups in total. The normalized spacial score (nSPS) is 10.5. The summed E-state index contributed by atoms with van der Waals surface area (Å²) in [5.41, 5.74) is 3.58. The topological polar surface area (TPSA) is 95.5 Å². The van der Waals surface area contributed by atoms with Crippen LogP contribution in [-0.4, -0.2) is 28.2 Å². The van der Waals surface area contributed by atoms with Gasteiger partial charge in [-0.15, -0.1) is 0 Å². The maximum Gasteiger partial charge on any atom is 0.354 e. The summed E-state index contributed by atoms with van der Waals surface area (Å²) < 4.78 is 5.82. The molecular weight excluding hydrogens is 412 g/mol. The third kappa shape index (κ3) is 5.93. The molecule has 0 radical (unpaired) electrons. The highest BCUT2D eigenvalue weighted by Gasteiger charge is 2.10. The molecule has 0 fully saturated rings. The second kappa shape index (κ2) is 9.90. The molecule has 2 aromatic carbocycles. The zero-order valence-electron chi connectivity index (χ0n) is 17.5. The number of carboxylic acids is 1. The molecule has 8 heteroatoms. The standard InChI is InChI=1S/C23H24N4O3S/c1-14(2)15-5-4-6-16(11-15)26-23(31)27-20-12-17(7-8-19(20)24-3)30-18-9-10-25-21(13-18)22(28)29/h4-14,24H,1-3H3,(H,28,29)(H2,26,27,31). The van der Waals surface area contributed by atoms with E-state index in [-0.39, 0.29) is 5.69 Å². The van der Waals surface area contributed by atoms with Gasteiger partial charge in [-0.05, 0) is 54.0 Å². The maximum atomic E-state index is 11.1. The number of nitrogens with zero attached hydrogens (tertiary/aromatic N) is 1. The van der Waals surface area contributed by atoms with E-state index in [0.717, 1.165) is 11.4 Å². The first kappa shape index (κ1) is 22.0. The first-order valence-electron chi connectivity index (χ1n) is 9.72.